The molecule has 3 aromatic heterocycles. The Balaban J connectivity index is 1.31. The molecule has 4 aromatic rings. The molecule has 4 heterocycles. The number of likely N-dealkylation sites (N-methyl/N-ethyl adjacent to an activating group) is 1. The molecule has 0 fully saturated rings. The van der Waals surface area contributed by atoms with Crippen LogP contribution in [0.1, 0.15) is 4.88 Å². The number of aliphatic hydroxyl groups excluding tert-OH is 1. The first-order valence-corrected chi connectivity index (χ1v) is 12.2. The molecule has 0 bridgehead atoms. The first-order chi connectivity index (χ1) is 15.9. The van der Waals surface area contributed by atoms with Gasteiger partial charge in [0.25, 0.3) is 11.9 Å². The van der Waals surface area contributed by atoms with Crippen molar-refractivity contribution in [2.75, 3.05) is 12.4 Å². The van der Waals surface area contributed by atoms with Gasteiger partial charge in [-0.3, -0.25) is 10.1 Å². The number of halogens is 2. The molecule has 2 N–H and O–H groups in total. The molecule has 1 aliphatic heterocycles. The number of fused-ring (bicyclic) bond motifs is 1. The van der Waals surface area contributed by atoms with Gasteiger partial charge in [-0.25, -0.2) is 9.37 Å². The molecule has 1 aliphatic rings. The van der Waals surface area contributed by atoms with Gasteiger partial charge in [0.15, 0.2) is 22.3 Å². The maximum atomic E-state index is 13.0. The summed E-state index contributed by atoms with van der Waals surface area (Å²) < 4.78 is 26.4. The quantitative estimate of drug-likeness (QED) is 0.277. The number of rotatable bonds is 5. The van der Waals surface area contributed by atoms with E-state index in [4.69, 9.17) is 20.8 Å². The second kappa shape index (κ2) is 8.75. The summed E-state index contributed by atoms with van der Waals surface area (Å²) in [6.45, 7) is 0. The Bertz CT molecular complexity index is 1380. The number of nitrogens with one attached hydrogen (secondary N) is 1. The zero-order valence-corrected chi connectivity index (χ0v) is 19.9. The summed E-state index contributed by atoms with van der Waals surface area (Å²) in [5.74, 6) is 0.0950. The average Bonchev–Trinajstić information content (AvgIpc) is 3.49. The van der Waals surface area contributed by atoms with E-state index in [1.165, 1.54) is 58.9 Å². The van der Waals surface area contributed by atoms with Crippen LogP contribution in [0.25, 0.3) is 17.2 Å². The van der Waals surface area contributed by atoms with E-state index in [1.54, 1.807) is 34.9 Å². The van der Waals surface area contributed by atoms with Crippen molar-refractivity contribution in [2.45, 2.75) is 4.90 Å². The number of anilines is 1. The number of aliphatic hydroxyl groups is 1. The molecular weight excluding hydrogens is 509 g/mol. The molecule has 0 saturated carbocycles. The van der Waals surface area contributed by atoms with E-state index in [2.05, 4.69) is 10.3 Å². The Morgan fingerprint density at radius 3 is 2.85 bits per heavy atom. The molecule has 5 rings (SSSR count). The Morgan fingerprint density at radius 1 is 1.27 bits per heavy atom. The molecule has 0 unspecified atom stereocenters. The maximum absolute atomic E-state index is 13.0. The van der Waals surface area contributed by atoms with Crippen LogP contribution < -0.4 is 10.1 Å². The van der Waals surface area contributed by atoms with Gasteiger partial charge < -0.3 is 18.6 Å². The zero-order valence-electron chi connectivity index (χ0n) is 16.7. The number of nitrogens with zero attached hydrogens (tertiary/aromatic N) is 2. The number of ether oxygens (including phenoxy) is 1. The molecule has 12 heteroatoms. The summed E-state index contributed by atoms with van der Waals surface area (Å²) in [6, 6.07) is 10.6. The normalized spacial score (nSPS) is 13.2. The number of carbonyl (C=O) groups is 1. The number of thiophene rings is 1. The average molecular weight is 522 g/mol. The standard InChI is InChI=1S/C21H13ClFN3O4S3/c1-26-17(18(27)19-14(33-26)8-15(22)32-19)20(28)25-21-24-12(9-31-21)13-6-7-16(30-13)29-11-4-2-10(23)3-5-11/h2-9,27H,1H3,(H,24,25,28). The predicted octanol–water partition coefficient (Wildman–Crippen LogP) is 6.87. The third-order valence-electron chi connectivity index (χ3n) is 4.46. The van der Waals surface area contributed by atoms with Crippen LogP contribution in [0.5, 0.6) is 11.7 Å². The van der Waals surface area contributed by atoms with Crippen LogP contribution in [0.4, 0.5) is 9.52 Å². The van der Waals surface area contributed by atoms with Crippen molar-refractivity contribution in [3.63, 3.8) is 0 Å². The van der Waals surface area contributed by atoms with E-state index in [9.17, 15) is 14.3 Å². The molecule has 7 nitrogen and oxygen atoms in total. The highest BCUT2D eigenvalue weighted by atomic mass is 35.5. The Kier molecular flexibility index (Phi) is 5.79. The van der Waals surface area contributed by atoms with Gasteiger partial charge in [-0.15, -0.1) is 22.7 Å². The SMILES string of the molecule is CN1Sc2cc(Cl)sc2C(O)=C1C(=O)Nc1nc(-c2ccc(Oc3ccc(F)cc3)o2)cs1. The zero-order chi connectivity index (χ0) is 23.1. The summed E-state index contributed by atoms with van der Waals surface area (Å²) in [5.41, 5.74) is 0.608. The summed E-state index contributed by atoms with van der Waals surface area (Å²) in [6.07, 6.45) is 0. The lowest BCUT2D eigenvalue weighted by molar-refractivity contribution is -0.113. The largest absolute Gasteiger partial charge is 0.504 e. The van der Waals surface area contributed by atoms with E-state index >= 15 is 0 Å². The highest BCUT2D eigenvalue weighted by molar-refractivity contribution is 7.97. The molecular formula is C21H13ClFN3O4S3. The fourth-order valence-corrected chi connectivity index (χ4v) is 6.05. The topological polar surface area (TPSA) is 87.8 Å². The molecule has 0 spiro atoms. The summed E-state index contributed by atoms with van der Waals surface area (Å²) >= 11 is 9.77. The molecule has 0 atom stereocenters. The number of hydrogen-bond acceptors (Lipinski definition) is 9. The van der Waals surface area contributed by atoms with Crippen molar-refractivity contribution in [1.29, 1.82) is 0 Å². The fraction of sp³-hybridized carbons (Fsp3) is 0.0476. The van der Waals surface area contributed by atoms with Crippen LogP contribution in [0.2, 0.25) is 4.34 Å². The number of hydrogen-bond donors (Lipinski definition) is 2. The van der Waals surface area contributed by atoms with Crippen LogP contribution in [-0.2, 0) is 4.79 Å². The Hall–Kier alpha value is -2.99. The molecule has 168 valence electrons. The minimum absolute atomic E-state index is 0.107. The molecule has 0 radical (unpaired) electrons. The monoisotopic (exact) mass is 521 g/mol. The summed E-state index contributed by atoms with van der Waals surface area (Å²) in [5, 5.41) is 15.4. The lowest BCUT2D eigenvalue weighted by Gasteiger charge is -2.25. The van der Waals surface area contributed by atoms with Crippen LogP contribution in [0.3, 0.4) is 0 Å². The number of thiazole rings is 1. The van der Waals surface area contributed by atoms with E-state index in [-0.39, 0.29) is 23.2 Å². The van der Waals surface area contributed by atoms with Gasteiger partial charge in [0.2, 0.25) is 0 Å². The van der Waals surface area contributed by atoms with Crippen LogP contribution >= 0.6 is 46.2 Å². The minimum Gasteiger partial charge on any atom is -0.504 e. The van der Waals surface area contributed by atoms with Gasteiger partial charge in [-0.1, -0.05) is 11.6 Å². The van der Waals surface area contributed by atoms with Crippen molar-refractivity contribution in [3.8, 4) is 23.1 Å². The minimum atomic E-state index is -0.502. The predicted molar refractivity (Wildman–Crippen MR) is 127 cm³/mol. The smallest absolute Gasteiger partial charge is 0.290 e. The Labute approximate surface area is 204 Å². The molecule has 1 aromatic carbocycles. The Morgan fingerprint density at radius 2 is 2.06 bits per heavy atom. The molecule has 1 amide bonds. The van der Waals surface area contributed by atoms with Crippen molar-refractivity contribution in [2.24, 2.45) is 0 Å². The molecule has 33 heavy (non-hydrogen) atoms. The second-order valence-electron chi connectivity index (χ2n) is 6.70. The van der Waals surface area contributed by atoms with Crippen molar-refractivity contribution >= 4 is 63.0 Å². The third-order valence-corrected chi connectivity index (χ3v) is 7.60. The first-order valence-electron chi connectivity index (χ1n) is 9.32. The summed E-state index contributed by atoms with van der Waals surface area (Å²) in [7, 11) is 1.68. The van der Waals surface area contributed by atoms with Gasteiger partial charge in [0.05, 0.1) is 14.1 Å². The van der Waals surface area contributed by atoms with Gasteiger partial charge in [-0.2, -0.15) is 0 Å². The maximum Gasteiger partial charge on any atom is 0.290 e. The molecule has 0 aliphatic carbocycles. The first kappa shape index (κ1) is 21.8. The second-order valence-corrected chi connectivity index (χ2v) is 10.4. The number of carbonyl (C=O) groups excluding carboxylic acids is 1. The van der Waals surface area contributed by atoms with Gasteiger partial charge >= 0.3 is 0 Å². The van der Waals surface area contributed by atoms with Crippen molar-refractivity contribution in [1.82, 2.24) is 9.29 Å². The van der Waals surface area contributed by atoms with Crippen LogP contribution in [0.15, 0.2) is 62.9 Å². The van der Waals surface area contributed by atoms with Gasteiger partial charge in [0, 0.05) is 18.5 Å². The van der Waals surface area contributed by atoms with Crippen LogP contribution in [-0.4, -0.2) is 27.4 Å². The number of benzene rings is 1. The van der Waals surface area contributed by atoms with Crippen molar-refractivity contribution < 1.29 is 23.4 Å². The van der Waals surface area contributed by atoms with E-state index < -0.39 is 5.91 Å². The van der Waals surface area contributed by atoms with E-state index in [1.807, 2.05) is 0 Å². The molecule has 0 saturated heterocycles. The van der Waals surface area contributed by atoms with Crippen LogP contribution in [0, 0.1) is 5.82 Å². The van der Waals surface area contributed by atoms with Crippen molar-refractivity contribution in [3.05, 3.63) is 68.6 Å². The highest BCUT2D eigenvalue weighted by Gasteiger charge is 2.31. The number of furan rings is 1. The third kappa shape index (κ3) is 4.44. The lowest BCUT2D eigenvalue weighted by Crippen LogP contribution is -2.27. The van der Waals surface area contributed by atoms with E-state index in [0.29, 0.717) is 31.5 Å². The van der Waals surface area contributed by atoms with Gasteiger partial charge in [0.1, 0.15) is 17.3 Å². The lowest BCUT2D eigenvalue weighted by atomic mass is 10.3. The van der Waals surface area contributed by atoms with E-state index in [0.717, 1.165) is 4.90 Å². The number of amides is 1. The summed E-state index contributed by atoms with van der Waals surface area (Å²) in [4.78, 5) is 18.6. The number of aromatic nitrogens is 1. The fourth-order valence-electron chi connectivity index (χ4n) is 3.01. The highest BCUT2D eigenvalue weighted by Crippen LogP contribution is 2.45. The van der Waals surface area contributed by atoms with Gasteiger partial charge in [-0.05, 0) is 48.3 Å².